The molecule has 0 aromatic carbocycles. The van der Waals surface area contributed by atoms with Crippen LogP contribution in [0.4, 0.5) is 0 Å². The summed E-state index contributed by atoms with van der Waals surface area (Å²) in [5, 5.41) is 4.43. The van der Waals surface area contributed by atoms with Gasteiger partial charge in [-0.1, -0.05) is 6.42 Å². The van der Waals surface area contributed by atoms with Gasteiger partial charge < -0.3 is 4.74 Å². The molecule has 0 aromatic heterocycles. The Balaban J connectivity index is 2.09. The number of carbonyl (C=O) groups excluding carboxylic acids is 1. The third-order valence-corrected chi connectivity index (χ3v) is 2.24. The lowest BCUT2D eigenvalue weighted by Crippen LogP contribution is -2.28. The van der Waals surface area contributed by atoms with Crippen LogP contribution in [-0.4, -0.2) is 25.7 Å². The first-order valence-corrected chi connectivity index (χ1v) is 4.56. The lowest BCUT2D eigenvalue weighted by atomic mass is 10.0. The van der Waals surface area contributed by atoms with Crippen molar-refractivity contribution in [3.05, 3.63) is 0 Å². The standard InChI is InChI=1S/C9H16NO2/c1-12-9(11)6-5-8-4-2-3-7-10-8/h8H,2-7H2,1H3. The summed E-state index contributed by atoms with van der Waals surface area (Å²) >= 11 is 0. The van der Waals surface area contributed by atoms with Crippen molar-refractivity contribution in [2.24, 2.45) is 0 Å². The van der Waals surface area contributed by atoms with Crippen LogP contribution in [0.1, 0.15) is 32.1 Å². The van der Waals surface area contributed by atoms with Gasteiger partial charge in [0.1, 0.15) is 0 Å². The van der Waals surface area contributed by atoms with Gasteiger partial charge in [0.2, 0.25) is 0 Å². The van der Waals surface area contributed by atoms with E-state index in [9.17, 15) is 4.79 Å². The number of ether oxygens (including phenoxy) is 1. The normalized spacial score (nSPS) is 23.6. The van der Waals surface area contributed by atoms with Gasteiger partial charge in [0.25, 0.3) is 0 Å². The molecule has 0 aromatic rings. The molecule has 0 N–H and O–H groups in total. The Morgan fingerprint density at radius 2 is 2.42 bits per heavy atom. The van der Waals surface area contributed by atoms with Crippen LogP contribution in [-0.2, 0) is 9.53 Å². The first-order chi connectivity index (χ1) is 5.83. The van der Waals surface area contributed by atoms with Crippen LogP contribution in [0.2, 0.25) is 0 Å². The molecule has 1 atom stereocenters. The number of methoxy groups -OCH3 is 1. The summed E-state index contributed by atoms with van der Waals surface area (Å²) in [4.78, 5) is 10.8. The molecule has 0 spiro atoms. The SMILES string of the molecule is COC(=O)CCC1CCCC[N]1. The Morgan fingerprint density at radius 1 is 1.58 bits per heavy atom. The first-order valence-electron chi connectivity index (χ1n) is 4.56. The Morgan fingerprint density at radius 3 is 3.00 bits per heavy atom. The molecular weight excluding hydrogens is 154 g/mol. The minimum atomic E-state index is -0.115. The van der Waals surface area contributed by atoms with E-state index in [1.165, 1.54) is 20.0 Å². The molecule has 0 saturated carbocycles. The molecule has 3 heteroatoms. The summed E-state index contributed by atoms with van der Waals surface area (Å²) in [5.41, 5.74) is 0. The first kappa shape index (κ1) is 9.52. The number of nitrogens with zero attached hydrogens (tertiary/aromatic N) is 1. The van der Waals surface area contributed by atoms with Gasteiger partial charge in [-0.2, -0.15) is 0 Å². The van der Waals surface area contributed by atoms with Crippen molar-refractivity contribution in [1.29, 1.82) is 0 Å². The second-order valence-electron chi connectivity index (χ2n) is 3.17. The van der Waals surface area contributed by atoms with E-state index >= 15 is 0 Å². The van der Waals surface area contributed by atoms with Gasteiger partial charge >= 0.3 is 5.97 Å². The van der Waals surface area contributed by atoms with E-state index in [0.29, 0.717) is 12.5 Å². The van der Waals surface area contributed by atoms with Gasteiger partial charge in [0.15, 0.2) is 0 Å². The monoisotopic (exact) mass is 170 g/mol. The van der Waals surface area contributed by atoms with Crippen molar-refractivity contribution in [3.63, 3.8) is 0 Å². The van der Waals surface area contributed by atoms with Crippen LogP contribution in [0.5, 0.6) is 0 Å². The molecule has 69 valence electrons. The van der Waals surface area contributed by atoms with Crippen molar-refractivity contribution >= 4 is 5.97 Å². The zero-order valence-corrected chi connectivity index (χ0v) is 7.58. The Hall–Kier alpha value is -0.570. The topological polar surface area (TPSA) is 40.4 Å². The smallest absolute Gasteiger partial charge is 0.305 e. The third kappa shape index (κ3) is 3.22. The van der Waals surface area contributed by atoms with Gasteiger partial charge in [-0.15, -0.1) is 0 Å². The maximum Gasteiger partial charge on any atom is 0.305 e. The molecule has 1 aliphatic heterocycles. The molecule has 1 radical (unpaired) electrons. The fraction of sp³-hybridized carbons (Fsp3) is 0.889. The summed E-state index contributed by atoms with van der Waals surface area (Å²) in [6, 6.07) is 0.415. The van der Waals surface area contributed by atoms with E-state index in [-0.39, 0.29) is 5.97 Å². The molecule has 1 aliphatic rings. The maximum atomic E-state index is 10.8. The number of hydrogen-bond acceptors (Lipinski definition) is 2. The highest BCUT2D eigenvalue weighted by atomic mass is 16.5. The molecule has 1 saturated heterocycles. The molecule has 12 heavy (non-hydrogen) atoms. The highest BCUT2D eigenvalue weighted by molar-refractivity contribution is 5.69. The van der Waals surface area contributed by atoms with Crippen LogP contribution in [0.25, 0.3) is 0 Å². The predicted octanol–water partition coefficient (Wildman–Crippen LogP) is 1.10. The molecular formula is C9H16NO2. The maximum absolute atomic E-state index is 10.8. The predicted molar refractivity (Wildman–Crippen MR) is 45.9 cm³/mol. The number of hydrogen-bond donors (Lipinski definition) is 0. The van der Waals surface area contributed by atoms with Crippen LogP contribution in [0.3, 0.4) is 0 Å². The molecule has 1 fully saturated rings. The average molecular weight is 170 g/mol. The van der Waals surface area contributed by atoms with Gasteiger partial charge in [-0.05, 0) is 19.3 Å². The van der Waals surface area contributed by atoms with Gasteiger partial charge in [-0.25, -0.2) is 5.32 Å². The largest absolute Gasteiger partial charge is 0.469 e. The summed E-state index contributed by atoms with van der Waals surface area (Å²) in [5.74, 6) is -0.115. The highest BCUT2D eigenvalue weighted by Crippen LogP contribution is 2.13. The van der Waals surface area contributed by atoms with Crippen LogP contribution in [0, 0.1) is 0 Å². The highest BCUT2D eigenvalue weighted by Gasteiger charge is 2.14. The second-order valence-corrected chi connectivity index (χ2v) is 3.17. The summed E-state index contributed by atoms with van der Waals surface area (Å²) in [6.45, 7) is 0.978. The third-order valence-electron chi connectivity index (χ3n) is 2.24. The average Bonchev–Trinajstić information content (AvgIpc) is 2.16. The van der Waals surface area contributed by atoms with Crippen molar-refractivity contribution in [2.45, 2.75) is 38.1 Å². The fourth-order valence-electron chi connectivity index (χ4n) is 1.48. The van der Waals surface area contributed by atoms with Crippen molar-refractivity contribution in [3.8, 4) is 0 Å². The molecule has 0 aliphatic carbocycles. The van der Waals surface area contributed by atoms with E-state index < -0.39 is 0 Å². The lowest BCUT2D eigenvalue weighted by Gasteiger charge is -2.20. The molecule has 3 nitrogen and oxygen atoms in total. The van der Waals surface area contributed by atoms with Gasteiger partial charge in [0, 0.05) is 19.0 Å². The molecule has 1 heterocycles. The van der Waals surface area contributed by atoms with E-state index in [1.54, 1.807) is 0 Å². The van der Waals surface area contributed by atoms with Gasteiger partial charge in [-0.3, -0.25) is 4.79 Å². The molecule has 0 bridgehead atoms. The second kappa shape index (κ2) is 5.14. The van der Waals surface area contributed by atoms with Gasteiger partial charge in [0.05, 0.1) is 7.11 Å². The number of carbonyl (C=O) groups is 1. The van der Waals surface area contributed by atoms with Crippen molar-refractivity contribution in [1.82, 2.24) is 5.32 Å². The Bertz CT molecular complexity index is 141. The summed E-state index contributed by atoms with van der Waals surface area (Å²) in [6.07, 6.45) is 5.01. The van der Waals surface area contributed by atoms with E-state index in [0.717, 1.165) is 19.4 Å². The van der Waals surface area contributed by atoms with E-state index in [2.05, 4.69) is 10.1 Å². The Kier molecular flexibility index (Phi) is 4.08. The number of esters is 1. The van der Waals surface area contributed by atoms with Crippen molar-refractivity contribution < 1.29 is 9.53 Å². The quantitative estimate of drug-likeness (QED) is 0.595. The molecule has 1 rings (SSSR count). The molecule has 0 amide bonds. The minimum absolute atomic E-state index is 0.115. The zero-order valence-electron chi connectivity index (χ0n) is 7.58. The summed E-state index contributed by atoms with van der Waals surface area (Å²) in [7, 11) is 1.43. The van der Waals surface area contributed by atoms with Crippen LogP contribution < -0.4 is 5.32 Å². The van der Waals surface area contributed by atoms with E-state index in [1.807, 2.05) is 0 Å². The van der Waals surface area contributed by atoms with Crippen LogP contribution in [0.15, 0.2) is 0 Å². The van der Waals surface area contributed by atoms with Crippen LogP contribution >= 0.6 is 0 Å². The summed E-state index contributed by atoms with van der Waals surface area (Å²) < 4.78 is 4.56. The van der Waals surface area contributed by atoms with Crippen molar-refractivity contribution in [2.75, 3.05) is 13.7 Å². The zero-order chi connectivity index (χ0) is 8.81. The number of piperidine rings is 1. The van der Waals surface area contributed by atoms with E-state index in [4.69, 9.17) is 0 Å². The lowest BCUT2D eigenvalue weighted by molar-refractivity contribution is -0.140. The number of rotatable bonds is 3. The molecule has 1 unspecified atom stereocenters. The minimum Gasteiger partial charge on any atom is -0.469 e. The Labute approximate surface area is 73.5 Å². The fourth-order valence-corrected chi connectivity index (χ4v) is 1.48.